The summed E-state index contributed by atoms with van der Waals surface area (Å²) in [6.45, 7) is 11.1. The van der Waals surface area contributed by atoms with Crippen LogP contribution in [-0.2, 0) is 10.2 Å². The molecule has 0 atom stereocenters. The zero-order valence-electron chi connectivity index (χ0n) is 14.0. The molecule has 1 aliphatic heterocycles. The van der Waals surface area contributed by atoms with Crippen molar-refractivity contribution < 1.29 is 8.42 Å². The van der Waals surface area contributed by atoms with Crippen LogP contribution in [-0.4, -0.2) is 55.9 Å². The number of nitrogens with zero attached hydrogens (tertiary/aromatic N) is 1. The van der Waals surface area contributed by atoms with E-state index < -0.39 is 10.2 Å². The Hall–Kier alpha value is 0.180. The van der Waals surface area contributed by atoms with E-state index in [1.54, 1.807) is 16.1 Å². The van der Waals surface area contributed by atoms with Gasteiger partial charge in [0.15, 0.2) is 0 Å². The van der Waals surface area contributed by atoms with Crippen LogP contribution in [0.5, 0.6) is 0 Å². The smallest absolute Gasteiger partial charge is 0.279 e. The van der Waals surface area contributed by atoms with Gasteiger partial charge in [-0.25, -0.2) is 4.72 Å². The van der Waals surface area contributed by atoms with Gasteiger partial charge in [-0.1, -0.05) is 13.8 Å². The van der Waals surface area contributed by atoms with Gasteiger partial charge in [0.2, 0.25) is 0 Å². The summed E-state index contributed by atoms with van der Waals surface area (Å²) in [6, 6.07) is 0.488. The molecular formula is C14H31N3O2S2. The molecule has 126 valence electrons. The Kier molecular flexibility index (Phi) is 7.46. The quantitative estimate of drug-likeness (QED) is 0.707. The average Bonchev–Trinajstić information content (AvgIpc) is 2.44. The van der Waals surface area contributed by atoms with Crippen LogP contribution in [0, 0.1) is 5.92 Å². The summed E-state index contributed by atoms with van der Waals surface area (Å²) in [7, 11) is -3.33. The molecule has 0 saturated carbocycles. The molecule has 1 fully saturated rings. The third kappa shape index (κ3) is 6.86. The highest BCUT2D eigenvalue weighted by atomic mass is 32.2. The first-order valence-electron chi connectivity index (χ1n) is 7.69. The van der Waals surface area contributed by atoms with E-state index in [4.69, 9.17) is 0 Å². The third-order valence-electron chi connectivity index (χ3n) is 3.96. The number of hydrogen-bond donors (Lipinski definition) is 2. The molecule has 2 N–H and O–H groups in total. The van der Waals surface area contributed by atoms with Crippen molar-refractivity contribution in [1.29, 1.82) is 0 Å². The van der Waals surface area contributed by atoms with Crippen molar-refractivity contribution >= 4 is 22.0 Å². The van der Waals surface area contributed by atoms with Crippen LogP contribution < -0.4 is 10.0 Å². The zero-order valence-corrected chi connectivity index (χ0v) is 15.6. The van der Waals surface area contributed by atoms with Crippen LogP contribution in [0.1, 0.15) is 40.5 Å². The summed E-state index contributed by atoms with van der Waals surface area (Å²) in [5.74, 6) is 0.585. The van der Waals surface area contributed by atoms with Crippen LogP contribution in [0.15, 0.2) is 0 Å². The molecule has 21 heavy (non-hydrogen) atoms. The topological polar surface area (TPSA) is 61.4 Å². The predicted octanol–water partition coefficient (Wildman–Crippen LogP) is 1.67. The van der Waals surface area contributed by atoms with E-state index in [0.717, 1.165) is 19.4 Å². The maximum absolute atomic E-state index is 12.3. The predicted molar refractivity (Wildman–Crippen MR) is 92.0 cm³/mol. The van der Waals surface area contributed by atoms with Crippen molar-refractivity contribution in [3.05, 3.63) is 0 Å². The van der Waals surface area contributed by atoms with Crippen LogP contribution in [0.2, 0.25) is 0 Å². The molecule has 0 unspecified atom stereocenters. The second kappa shape index (κ2) is 8.15. The SMILES string of the molecule is CSC(C)(C)CNS(=O)(=O)N1CCC(CNC(C)C)CC1. The molecule has 0 aromatic heterocycles. The molecule has 0 spiro atoms. The summed E-state index contributed by atoms with van der Waals surface area (Å²) < 4.78 is 28.9. The highest BCUT2D eigenvalue weighted by Gasteiger charge is 2.29. The Morgan fingerprint density at radius 3 is 2.33 bits per heavy atom. The van der Waals surface area contributed by atoms with Gasteiger partial charge in [0.05, 0.1) is 0 Å². The molecule has 5 nitrogen and oxygen atoms in total. The van der Waals surface area contributed by atoms with E-state index in [2.05, 4.69) is 23.9 Å². The van der Waals surface area contributed by atoms with Gasteiger partial charge in [0.1, 0.15) is 0 Å². The third-order valence-corrected chi connectivity index (χ3v) is 6.76. The minimum absolute atomic E-state index is 0.0768. The fourth-order valence-electron chi connectivity index (χ4n) is 2.18. The van der Waals surface area contributed by atoms with Crippen molar-refractivity contribution in [3.63, 3.8) is 0 Å². The number of nitrogens with one attached hydrogen (secondary N) is 2. The second-order valence-electron chi connectivity index (χ2n) is 6.70. The van der Waals surface area contributed by atoms with Gasteiger partial charge < -0.3 is 5.32 Å². The lowest BCUT2D eigenvalue weighted by Gasteiger charge is -2.32. The van der Waals surface area contributed by atoms with Crippen molar-refractivity contribution in [2.45, 2.75) is 51.3 Å². The first kappa shape index (κ1) is 19.2. The highest BCUT2D eigenvalue weighted by Crippen LogP contribution is 2.22. The van der Waals surface area contributed by atoms with Crippen molar-refractivity contribution in [2.24, 2.45) is 5.92 Å². The molecule has 0 amide bonds. The van der Waals surface area contributed by atoms with E-state index in [1.807, 2.05) is 20.1 Å². The van der Waals surface area contributed by atoms with Gasteiger partial charge >= 0.3 is 0 Å². The standard InChI is InChI=1S/C14H31N3O2S2/c1-12(2)15-10-13-6-8-17(9-7-13)21(18,19)16-11-14(3,4)20-5/h12-13,15-16H,6-11H2,1-5H3. The molecule has 0 bridgehead atoms. The van der Waals surface area contributed by atoms with Gasteiger partial charge in [-0.15, -0.1) is 0 Å². The minimum atomic E-state index is -3.33. The molecule has 0 aliphatic carbocycles. The van der Waals surface area contributed by atoms with E-state index in [1.165, 1.54) is 0 Å². The first-order valence-corrected chi connectivity index (χ1v) is 10.4. The lowest BCUT2D eigenvalue weighted by Crippen LogP contribution is -2.48. The fourth-order valence-corrected chi connectivity index (χ4v) is 3.91. The Bertz CT molecular complexity index is 402. The highest BCUT2D eigenvalue weighted by molar-refractivity contribution is 8.00. The van der Waals surface area contributed by atoms with Crippen LogP contribution in [0.25, 0.3) is 0 Å². The van der Waals surface area contributed by atoms with Gasteiger partial charge in [-0.3, -0.25) is 0 Å². The number of rotatable bonds is 8. The van der Waals surface area contributed by atoms with Gasteiger partial charge in [0, 0.05) is 30.4 Å². The van der Waals surface area contributed by atoms with Crippen LogP contribution in [0.4, 0.5) is 0 Å². The van der Waals surface area contributed by atoms with E-state index >= 15 is 0 Å². The summed E-state index contributed by atoms with van der Waals surface area (Å²) in [4.78, 5) is 0. The maximum Gasteiger partial charge on any atom is 0.279 e. The Labute approximate surface area is 134 Å². The van der Waals surface area contributed by atoms with Gasteiger partial charge in [-0.2, -0.15) is 24.5 Å². The number of hydrogen-bond acceptors (Lipinski definition) is 4. The van der Waals surface area contributed by atoms with E-state index in [-0.39, 0.29) is 4.75 Å². The number of piperidine rings is 1. The molecule has 1 saturated heterocycles. The molecule has 1 aliphatic rings. The van der Waals surface area contributed by atoms with Crippen molar-refractivity contribution in [3.8, 4) is 0 Å². The Balaban J connectivity index is 2.41. The van der Waals surface area contributed by atoms with Gasteiger partial charge in [-0.05, 0) is 45.4 Å². The lowest BCUT2D eigenvalue weighted by molar-refractivity contribution is 0.261. The van der Waals surface area contributed by atoms with Crippen LogP contribution >= 0.6 is 11.8 Å². The molecule has 0 aromatic carbocycles. The summed E-state index contributed by atoms with van der Waals surface area (Å²) in [5.41, 5.74) is 0. The van der Waals surface area contributed by atoms with Gasteiger partial charge in [0.25, 0.3) is 10.2 Å². The monoisotopic (exact) mass is 337 g/mol. The molecule has 0 aromatic rings. The largest absolute Gasteiger partial charge is 0.314 e. The van der Waals surface area contributed by atoms with E-state index in [9.17, 15) is 8.42 Å². The minimum Gasteiger partial charge on any atom is -0.314 e. The molecule has 1 heterocycles. The Morgan fingerprint density at radius 2 is 1.86 bits per heavy atom. The molecular weight excluding hydrogens is 306 g/mol. The summed E-state index contributed by atoms with van der Waals surface area (Å²) in [6.07, 6.45) is 3.88. The summed E-state index contributed by atoms with van der Waals surface area (Å²) in [5, 5.41) is 3.44. The Morgan fingerprint density at radius 1 is 1.29 bits per heavy atom. The number of thioether (sulfide) groups is 1. The van der Waals surface area contributed by atoms with Crippen molar-refractivity contribution in [1.82, 2.24) is 14.3 Å². The van der Waals surface area contributed by atoms with Crippen LogP contribution in [0.3, 0.4) is 0 Å². The lowest BCUT2D eigenvalue weighted by atomic mass is 9.98. The average molecular weight is 338 g/mol. The van der Waals surface area contributed by atoms with Crippen molar-refractivity contribution in [2.75, 3.05) is 32.4 Å². The maximum atomic E-state index is 12.3. The first-order chi connectivity index (χ1) is 9.66. The normalized spacial score (nSPS) is 19.3. The summed E-state index contributed by atoms with van der Waals surface area (Å²) >= 11 is 1.67. The molecule has 0 radical (unpaired) electrons. The van der Waals surface area contributed by atoms with E-state index in [0.29, 0.717) is 31.6 Å². The zero-order chi connectivity index (χ0) is 16.1. The second-order valence-corrected chi connectivity index (χ2v) is 9.96. The molecule has 1 rings (SSSR count). The fraction of sp³-hybridized carbons (Fsp3) is 1.00. The molecule has 7 heteroatoms.